The third kappa shape index (κ3) is 2.28. The van der Waals surface area contributed by atoms with Crippen molar-refractivity contribution in [2.24, 2.45) is 5.92 Å². The van der Waals surface area contributed by atoms with Crippen LogP contribution in [0.2, 0.25) is 0 Å². The molecule has 86 valence electrons. The lowest BCUT2D eigenvalue weighted by atomic mass is 9.90. The van der Waals surface area contributed by atoms with Gasteiger partial charge in [0.25, 0.3) is 0 Å². The second-order valence-corrected chi connectivity index (χ2v) is 3.89. The van der Waals surface area contributed by atoms with Crippen molar-refractivity contribution in [3.63, 3.8) is 0 Å². The minimum absolute atomic E-state index is 0.00285. The highest BCUT2D eigenvalue weighted by Crippen LogP contribution is 2.26. The van der Waals surface area contributed by atoms with E-state index < -0.39 is 12.0 Å². The molecule has 1 N–H and O–H groups in total. The Kier molecular flexibility index (Phi) is 3.31. The molecule has 1 saturated heterocycles. The Balaban J connectivity index is 2.14. The van der Waals surface area contributed by atoms with Crippen LogP contribution in [0, 0.1) is 11.7 Å². The zero-order valence-electron chi connectivity index (χ0n) is 8.73. The van der Waals surface area contributed by atoms with Crippen molar-refractivity contribution in [1.82, 2.24) is 0 Å². The Morgan fingerprint density at radius 1 is 1.38 bits per heavy atom. The number of halogens is 1. The molecule has 0 unspecified atom stereocenters. The van der Waals surface area contributed by atoms with Crippen molar-refractivity contribution >= 4 is 5.78 Å². The zero-order valence-corrected chi connectivity index (χ0v) is 8.73. The van der Waals surface area contributed by atoms with E-state index >= 15 is 0 Å². The fourth-order valence-corrected chi connectivity index (χ4v) is 1.82. The molecule has 16 heavy (non-hydrogen) atoms. The van der Waals surface area contributed by atoms with E-state index in [4.69, 9.17) is 4.74 Å². The highest BCUT2D eigenvalue weighted by molar-refractivity contribution is 5.82. The van der Waals surface area contributed by atoms with Crippen LogP contribution in [0.3, 0.4) is 0 Å². The number of rotatable bonds is 2. The molecule has 2 atom stereocenters. The van der Waals surface area contributed by atoms with Crippen LogP contribution in [-0.4, -0.2) is 24.1 Å². The van der Waals surface area contributed by atoms with Gasteiger partial charge in [0.2, 0.25) is 0 Å². The summed E-state index contributed by atoms with van der Waals surface area (Å²) in [4.78, 5) is 11.6. The van der Waals surface area contributed by atoms with Crippen molar-refractivity contribution in [3.8, 4) is 0 Å². The van der Waals surface area contributed by atoms with Gasteiger partial charge in [-0.25, -0.2) is 4.39 Å². The van der Waals surface area contributed by atoms with Gasteiger partial charge in [-0.1, -0.05) is 12.1 Å². The zero-order chi connectivity index (χ0) is 11.5. The molecular weight excluding hydrogens is 211 g/mol. The summed E-state index contributed by atoms with van der Waals surface area (Å²) in [6, 6.07) is 5.52. The van der Waals surface area contributed by atoms with Gasteiger partial charge in [0.05, 0.1) is 25.2 Å². The lowest BCUT2D eigenvalue weighted by Crippen LogP contribution is -2.32. The highest BCUT2D eigenvalue weighted by atomic mass is 19.1. The van der Waals surface area contributed by atoms with E-state index in [1.165, 1.54) is 24.3 Å². The first-order chi connectivity index (χ1) is 7.68. The second-order valence-electron chi connectivity index (χ2n) is 3.89. The van der Waals surface area contributed by atoms with Crippen LogP contribution in [0.15, 0.2) is 24.3 Å². The van der Waals surface area contributed by atoms with E-state index in [1.54, 1.807) is 0 Å². The molecule has 0 bridgehead atoms. The standard InChI is InChI=1S/C12H13FO3/c13-9-3-1-8(2-4-9)12(15)10-7-16-6-5-11(10)14/h1-4,10,12,15H,5-7H2/t10-,12+/m1/s1. The summed E-state index contributed by atoms with van der Waals surface area (Å²) in [5.41, 5.74) is 0.547. The molecule has 1 heterocycles. The fraction of sp³-hybridized carbons (Fsp3) is 0.417. The van der Waals surface area contributed by atoms with Crippen molar-refractivity contribution in [1.29, 1.82) is 0 Å². The number of carbonyl (C=O) groups excluding carboxylic acids is 1. The number of hydrogen-bond acceptors (Lipinski definition) is 3. The number of aliphatic hydroxyl groups excluding tert-OH is 1. The maximum absolute atomic E-state index is 12.7. The van der Waals surface area contributed by atoms with Gasteiger partial charge in [0, 0.05) is 6.42 Å². The topological polar surface area (TPSA) is 46.5 Å². The summed E-state index contributed by atoms with van der Waals surface area (Å²) in [6.45, 7) is 0.656. The molecule has 0 aromatic heterocycles. The maximum atomic E-state index is 12.7. The van der Waals surface area contributed by atoms with Gasteiger partial charge < -0.3 is 9.84 Å². The Morgan fingerprint density at radius 2 is 2.06 bits per heavy atom. The summed E-state index contributed by atoms with van der Waals surface area (Å²) >= 11 is 0. The molecule has 0 radical (unpaired) electrons. The van der Waals surface area contributed by atoms with Crippen LogP contribution >= 0.6 is 0 Å². The summed E-state index contributed by atoms with van der Waals surface area (Å²) in [7, 11) is 0. The Morgan fingerprint density at radius 3 is 2.69 bits per heavy atom. The van der Waals surface area contributed by atoms with Gasteiger partial charge in [0.1, 0.15) is 11.6 Å². The molecule has 1 aliphatic rings. The SMILES string of the molecule is O=C1CCOC[C@H]1[C@@H](O)c1ccc(F)cc1. The van der Waals surface area contributed by atoms with Crippen LogP contribution in [-0.2, 0) is 9.53 Å². The summed E-state index contributed by atoms with van der Waals surface area (Å²) < 4.78 is 17.9. The minimum atomic E-state index is -0.909. The maximum Gasteiger partial charge on any atom is 0.143 e. The molecule has 0 aliphatic carbocycles. The quantitative estimate of drug-likeness (QED) is 0.827. The first-order valence-corrected chi connectivity index (χ1v) is 5.22. The number of ether oxygens (including phenoxy) is 1. The predicted octanol–water partition coefficient (Wildman–Crippen LogP) is 1.46. The van der Waals surface area contributed by atoms with E-state index in [0.717, 1.165) is 0 Å². The van der Waals surface area contributed by atoms with Gasteiger partial charge in [0.15, 0.2) is 0 Å². The van der Waals surface area contributed by atoms with Crippen LogP contribution in [0.5, 0.6) is 0 Å². The first kappa shape index (κ1) is 11.2. The van der Waals surface area contributed by atoms with Crippen LogP contribution in [0.4, 0.5) is 4.39 Å². The van der Waals surface area contributed by atoms with Crippen LogP contribution in [0.25, 0.3) is 0 Å². The van der Waals surface area contributed by atoms with E-state index in [2.05, 4.69) is 0 Å². The molecule has 3 nitrogen and oxygen atoms in total. The monoisotopic (exact) mass is 224 g/mol. The molecule has 1 aliphatic heterocycles. The average Bonchev–Trinajstić information content (AvgIpc) is 2.30. The molecule has 0 spiro atoms. The molecule has 1 aromatic carbocycles. The van der Waals surface area contributed by atoms with Crippen molar-refractivity contribution in [3.05, 3.63) is 35.6 Å². The van der Waals surface area contributed by atoms with Crippen molar-refractivity contribution in [2.75, 3.05) is 13.2 Å². The highest BCUT2D eigenvalue weighted by Gasteiger charge is 2.30. The van der Waals surface area contributed by atoms with Crippen LogP contribution in [0.1, 0.15) is 18.1 Å². The summed E-state index contributed by atoms with van der Waals surface area (Å²) in [5.74, 6) is -0.885. The molecule has 0 saturated carbocycles. The third-order valence-electron chi connectivity index (χ3n) is 2.80. The molecule has 1 aromatic rings. The van der Waals surface area contributed by atoms with E-state index in [0.29, 0.717) is 18.6 Å². The Bertz CT molecular complexity index is 374. The van der Waals surface area contributed by atoms with Crippen molar-refractivity contribution in [2.45, 2.75) is 12.5 Å². The number of hydrogen-bond donors (Lipinski definition) is 1. The van der Waals surface area contributed by atoms with E-state index in [9.17, 15) is 14.3 Å². The Labute approximate surface area is 92.9 Å². The lowest BCUT2D eigenvalue weighted by Gasteiger charge is -2.25. The molecule has 0 amide bonds. The third-order valence-corrected chi connectivity index (χ3v) is 2.80. The Hall–Kier alpha value is -1.26. The summed E-state index contributed by atoms with van der Waals surface area (Å²) in [6.07, 6.45) is -0.573. The fourth-order valence-electron chi connectivity index (χ4n) is 1.82. The van der Waals surface area contributed by atoms with Crippen LogP contribution < -0.4 is 0 Å². The van der Waals surface area contributed by atoms with Crippen molar-refractivity contribution < 1.29 is 19.0 Å². The molecule has 4 heteroatoms. The van der Waals surface area contributed by atoms with Gasteiger partial charge in [-0.3, -0.25) is 4.79 Å². The largest absolute Gasteiger partial charge is 0.388 e. The smallest absolute Gasteiger partial charge is 0.143 e. The van der Waals surface area contributed by atoms with Gasteiger partial charge in [-0.15, -0.1) is 0 Å². The number of Topliss-reactive ketones (excluding diaryl/α,β-unsaturated/α-hetero) is 1. The van der Waals surface area contributed by atoms with Gasteiger partial charge in [-0.05, 0) is 17.7 Å². The predicted molar refractivity (Wildman–Crippen MR) is 55.3 cm³/mol. The van der Waals surface area contributed by atoms with E-state index in [-0.39, 0.29) is 18.2 Å². The molecule has 2 rings (SSSR count). The lowest BCUT2D eigenvalue weighted by molar-refractivity contribution is -0.136. The molecule has 1 fully saturated rings. The normalized spacial score (nSPS) is 23.1. The average molecular weight is 224 g/mol. The number of benzene rings is 1. The van der Waals surface area contributed by atoms with Gasteiger partial charge >= 0.3 is 0 Å². The minimum Gasteiger partial charge on any atom is -0.388 e. The van der Waals surface area contributed by atoms with E-state index in [1.807, 2.05) is 0 Å². The molecular formula is C12H13FO3. The van der Waals surface area contributed by atoms with Gasteiger partial charge in [-0.2, -0.15) is 0 Å². The number of aliphatic hydroxyl groups is 1. The number of ketones is 1. The summed E-state index contributed by atoms with van der Waals surface area (Å²) in [5, 5.41) is 9.98. The second kappa shape index (κ2) is 4.72. The number of carbonyl (C=O) groups is 1. The first-order valence-electron chi connectivity index (χ1n) is 5.22.